The van der Waals surface area contributed by atoms with Crippen LogP contribution < -0.4 is 0 Å². The number of hydrogen-bond donors (Lipinski definition) is 0. The third kappa shape index (κ3) is 2.81. The van der Waals surface area contributed by atoms with Crippen LogP contribution in [0.3, 0.4) is 0 Å². The zero-order valence-electron chi connectivity index (χ0n) is 19.3. The highest BCUT2D eigenvalue weighted by atomic mass is 16.2. The van der Waals surface area contributed by atoms with Crippen LogP contribution in [-0.4, -0.2) is 35.2 Å². The van der Waals surface area contributed by atoms with Gasteiger partial charge in [0.1, 0.15) is 0 Å². The van der Waals surface area contributed by atoms with E-state index < -0.39 is 0 Å². The summed E-state index contributed by atoms with van der Waals surface area (Å²) in [4.78, 5) is 30.4. The minimum atomic E-state index is 0.144. The van der Waals surface area contributed by atoms with E-state index in [4.69, 9.17) is 0 Å². The number of fused-ring (bicyclic) bond motifs is 6. The lowest BCUT2D eigenvalue weighted by Gasteiger charge is -2.43. The van der Waals surface area contributed by atoms with E-state index in [-0.39, 0.29) is 29.8 Å². The topological polar surface area (TPSA) is 40.6 Å². The Balaban J connectivity index is 1.34. The first kappa shape index (κ1) is 20.0. The number of hydrogen-bond acceptors (Lipinski definition) is 2. The molecule has 32 heavy (non-hydrogen) atoms. The van der Waals surface area contributed by atoms with E-state index in [1.807, 2.05) is 11.9 Å². The van der Waals surface area contributed by atoms with Crippen molar-refractivity contribution in [3.8, 4) is 0 Å². The lowest BCUT2D eigenvalue weighted by atomic mass is 9.77. The average Bonchev–Trinajstić information content (AvgIpc) is 3.31. The van der Waals surface area contributed by atoms with Crippen LogP contribution in [0.4, 0.5) is 0 Å². The molecule has 2 aromatic carbocycles. The molecule has 2 heterocycles. The van der Waals surface area contributed by atoms with E-state index in [9.17, 15) is 9.59 Å². The van der Waals surface area contributed by atoms with E-state index in [1.54, 1.807) is 0 Å². The van der Waals surface area contributed by atoms with Crippen molar-refractivity contribution in [1.82, 2.24) is 9.80 Å². The molecule has 0 aromatic heterocycles. The van der Waals surface area contributed by atoms with Crippen molar-refractivity contribution >= 4 is 11.8 Å². The first-order chi connectivity index (χ1) is 15.4. The highest BCUT2D eigenvalue weighted by molar-refractivity contribution is 5.81. The van der Waals surface area contributed by atoms with Gasteiger partial charge in [-0.25, -0.2) is 0 Å². The second-order valence-electron chi connectivity index (χ2n) is 10.6. The molecule has 2 fully saturated rings. The second-order valence-corrected chi connectivity index (χ2v) is 10.6. The molecule has 0 radical (unpaired) electrons. The van der Waals surface area contributed by atoms with Crippen LogP contribution >= 0.6 is 0 Å². The first-order valence-corrected chi connectivity index (χ1v) is 12.2. The van der Waals surface area contributed by atoms with Crippen molar-refractivity contribution in [3.05, 3.63) is 69.8 Å². The summed E-state index contributed by atoms with van der Waals surface area (Å²) < 4.78 is 0. The van der Waals surface area contributed by atoms with Crippen molar-refractivity contribution < 1.29 is 9.59 Å². The van der Waals surface area contributed by atoms with E-state index in [0.29, 0.717) is 31.2 Å². The first-order valence-electron chi connectivity index (χ1n) is 12.2. The van der Waals surface area contributed by atoms with Gasteiger partial charge in [-0.15, -0.1) is 0 Å². The Morgan fingerprint density at radius 3 is 2.28 bits per heavy atom. The van der Waals surface area contributed by atoms with Crippen molar-refractivity contribution in [1.29, 1.82) is 0 Å². The van der Waals surface area contributed by atoms with Gasteiger partial charge >= 0.3 is 0 Å². The van der Waals surface area contributed by atoms with Crippen LogP contribution in [0.2, 0.25) is 0 Å². The highest BCUT2D eigenvalue weighted by Gasteiger charge is 2.50. The van der Waals surface area contributed by atoms with Gasteiger partial charge in [-0.05, 0) is 84.2 Å². The summed E-state index contributed by atoms with van der Waals surface area (Å²) >= 11 is 0. The predicted octanol–water partition coefficient (Wildman–Crippen LogP) is 4.53. The smallest absolute Gasteiger partial charge is 0.223 e. The minimum Gasteiger partial charge on any atom is -0.338 e. The maximum Gasteiger partial charge on any atom is 0.223 e. The van der Waals surface area contributed by atoms with E-state index >= 15 is 0 Å². The summed E-state index contributed by atoms with van der Waals surface area (Å²) in [5.41, 5.74) is 8.20. The Kier molecular flexibility index (Phi) is 4.50. The fourth-order valence-corrected chi connectivity index (χ4v) is 7.34. The number of amides is 2. The minimum absolute atomic E-state index is 0.144. The van der Waals surface area contributed by atoms with Crippen molar-refractivity contribution in [2.75, 3.05) is 13.6 Å². The van der Waals surface area contributed by atoms with E-state index in [0.717, 1.165) is 19.3 Å². The lowest BCUT2D eigenvalue weighted by Crippen LogP contribution is -2.47. The zero-order valence-corrected chi connectivity index (χ0v) is 19.3. The zero-order chi connectivity index (χ0) is 22.1. The van der Waals surface area contributed by atoms with Crippen molar-refractivity contribution in [2.45, 2.75) is 58.0 Å². The summed E-state index contributed by atoms with van der Waals surface area (Å²) in [6.45, 7) is 5.09. The lowest BCUT2D eigenvalue weighted by molar-refractivity contribution is -0.142. The van der Waals surface area contributed by atoms with Crippen LogP contribution in [-0.2, 0) is 22.4 Å². The molecule has 4 nitrogen and oxygen atoms in total. The summed E-state index contributed by atoms with van der Waals surface area (Å²) in [5, 5.41) is 0. The number of nitrogens with zero attached hydrogens (tertiary/aromatic N) is 2. The summed E-state index contributed by atoms with van der Waals surface area (Å²) in [6, 6.07) is 13.4. The SMILES string of the molecule is Cc1cccc2c1CC1C(CN3C(=O)CC4CCc5c(C)cccc5C43)CC(=O)N(C)C21. The maximum absolute atomic E-state index is 13.3. The Morgan fingerprint density at radius 1 is 0.844 bits per heavy atom. The molecule has 5 unspecified atom stereocenters. The monoisotopic (exact) mass is 428 g/mol. The third-order valence-corrected chi connectivity index (χ3v) is 8.96. The van der Waals surface area contributed by atoms with Crippen molar-refractivity contribution in [2.24, 2.45) is 17.8 Å². The quantitative estimate of drug-likeness (QED) is 0.705. The number of carbonyl (C=O) groups is 2. The molecule has 2 aromatic rings. The Morgan fingerprint density at radius 2 is 1.53 bits per heavy atom. The number of benzene rings is 2. The number of aryl methyl sites for hydroxylation is 2. The molecule has 5 atom stereocenters. The molecule has 0 N–H and O–H groups in total. The fraction of sp³-hybridized carbons (Fsp3) is 0.500. The molecule has 4 aliphatic rings. The van der Waals surface area contributed by atoms with E-state index in [1.165, 1.54) is 33.4 Å². The van der Waals surface area contributed by atoms with Gasteiger partial charge in [0.25, 0.3) is 0 Å². The average molecular weight is 429 g/mol. The molecule has 2 aliphatic heterocycles. The standard InChI is InChI=1S/C28H32N2O2/c1-16-6-4-8-21-20(16)11-10-18-12-26(32)30(27(18)21)15-19-13-25(31)29(3)28-22-9-5-7-17(2)23(22)14-24(19)28/h4-9,18-19,24,27-28H,10-15H2,1-3H3. The molecule has 2 saturated heterocycles. The van der Waals surface area contributed by atoms with Gasteiger partial charge < -0.3 is 9.80 Å². The Bertz CT molecular complexity index is 1120. The second kappa shape index (κ2) is 7.19. The van der Waals surface area contributed by atoms with E-state index in [2.05, 4.69) is 55.1 Å². The summed E-state index contributed by atoms with van der Waals surface area (Å²) in [7, 11) is 1.96. The normalized spacial score (nSPS) is 30.8. The van der Waals surface area contributed by atoms with Crippen LogP contribution in [0, 0.1) is 31.6 Å². The molecule has 0 saturated carbocycles. The molecule has 6 rings (SSSR count). The van der Waals surface area contributed by atoms with Crippen LogP contribution in [0.1, 0.15) is 64.7 Å². The summed E-state index contributed by atoms with van der Waals surface area (Å²) in [5.74, 6) is 1.52. The number of carbonyl (C=O) groups excluding carboxylic acids is 2. The van der Waals surface area contributed by atoms with Gasteiger partial charge in [-0.1, -0.05) is 36.4 Å². The van der Waals surface area contributed by atoms with Gasteiger partial charge in [0.15, 0.2) is 0 Å². The van der Waals surface area contributed by atoms with Gasteiger partial charge in [0, 0.05) is 26.4 Å². The molecular weight excluding hydrogens is 396 g/mol. The largest absolute Gasteiger partial charge is 0.338 e. The van der Waals surface area contributed by atoms with Crippen LogP contribution in [0.25, 0.3) is 0 Å². The molecule has 0 spiro atoms. The molecular formula is C28H32N2O2. The number of likely N-dealkylation sites (tertiary alicyclic amines) is 2. The van der Waals surface area contributed by atoms with Crippen LogP contribution in [0.15, 0.2) is 36.4 Å². The van der Waals surface area contributed by atoms with Gasteiger partial charge in [-0.3, -0.25) is 9.59 Å². The Labute approximate surface area is 190 Å². The van der Waals surface area contributed by atoms with Gasteiger partial charge in [0.2, 0.25) is 11.8 Å². The highest BCUT2D eigenvalue weighted by Crippen LogP contribution is 2.51. The number of piperidine rings is 1. The fourth-order valence-electron chi connectivity index (χ4n) is 7.34. The predicted molar refractivity (Wildman–Crippen MR) is 124 cm³/mol. The third-order valence-electron chi connectivity index (χ3n) is 8.96. The van der Waals surface area contributed by atoms with Gasteiger partial charge in [0.05, 0.1) is 12.1 Å². The molecule has 4 heteroatoms. The maximum atomic E-state index is 13.3. The number of rotatable bonds is 2. The molecule has 166 valence electrons. The Hall–Kier alpha value is -2.62. The molecule has 0 bridgehead atoms. The van der Waals surface area contributed by atoms with Gasteiger partial charge in [-0.2, -0.15) is 0 Å². The molecule has 2 amide bonds. The van der Waals surface area contributed by atoms with Crippen LogP contribution in [0.5, 0.6) is 0 Å². The van der Waals surface area contributed by atoms with Crippen molar-refractivity contribution in [3.63, 3.8) is 0 Å². The molecule has 2 aliphatic carbocycles. The summed E-state index contributed by atoms with van der Waals surface area (Å²) in [6.07, 6.45) is 4.39.